The van der Waals surface area contributed by atoms with Gasteiger partial charge in [-0.2, -0.15) is 0 Å². The van der Waals surface area contributed by atoms with E-state index in [-0.39, 0.29) is 0 Å². The molecule has 0 amide bonds. The van der Waals surface area contributed by atoms with Gasteiger partial charge in [-0.15, -0.1) is 0 Å². The zero-order valence-corrected chi connectivity index (χ0v) is 15.9. The lowest BCUT2D eigenvalue weighted by molar-refractivity contribution is 0.430. The minimum atomic E-state index is 0.466. The molecule has 1 aromatic carbocycles. The van der Waals surface area contributed by atoms with Crippen molar-refractivity contribution >= 4 is 0 Å². The van der Waals surface area contributed by atoms with Crippen molar-refractivity contribution < 1.29 is 0 Å². The Kier molecular flexibility index (Phi) is 6.55. The Balaban J connectivity index is 2.42. The average molecular weight is 324 g/mol. The van der Waals surface area contributed by atoms with Crippen LogP contribution in [-0.4, -0.2) is 0 Å². The molecule has 1 fully saturated rings. The van der Waals surface area contributed by atoms with E-state index >= 15 is 0 Å². The number of nitrogens with two attached hydrogens (primary N) is 1. The first-order valence-corrected chi connectivity index (χ1v) is 9.50. The second kappa shape index (κ2) is 8.43. The van der Waals surface area contributed by atoms with Gasteiger partial charge >= 0.3 is 0 Å². The van der Waals surface area contributed by atoms with Gasteiger partial charge in [0.25, 0.3) is 0 Å². The molecule has 0 heterocycles. The lowest BCUT2D eigenvalue weighted by atomic mass is 9.84. The monoisotopic (exact) mass is 323 g/mol. The second-order valence-corrected chi connectivity index (χ2v) is 7.88. The van der Waals surface area contributed by atoms with Gasteiger partial charge in [-0.3, -0.25) is 0 Å². The molecule has 0 unspecified atom stereocenters. The number of hydrogen-bond acceptors (Lipinski definition) is 1. The third-order valence-electron chi connectivity index (χ3n) is 4.99. The first kappa shape index (κ1) is 18.7. The lowest BCUT2D eigenvalue weighted by Crippen LogP contribution is -2.09. The average Bonchev–Trinajstić information content (AvgIpc) is 2.53. The van der Waals surface area contributed by atoms with E-state index in [9.17, 15) is 0 Å². The van der Waals surface area contributed by atoms with Crippen LogP contribution >= 0.6 is 0 Å². The highest BCUT2D eigenvalue weighted by atomic mass is 14.6. The highest BCUT2D eigenvalue weighted by Crippen LogP contribution is 2.31. The molecule has 2 rings (SSSR count). The molecule has 130 valence electrons. The van der Waals surface area contributed by atoms with Crippen LogP contribution in [0.2, 0.25) is 0 Å². The Morgan fingerprint density at radius 3 is 2.08 bits per heavy atom. The minimum absolute atomic E-state index is 0.466. The van der Waals surface area contributed by atoms with Crippen LogP contribution < -0.4 is 5.73 Å². The summed E-state index contributed by atoms with van der Waals surface area (Å²) in [4.78, 5) is 0. The molecule has 0 radical (unpaired) electrons. The van der Waals surface area contributed by atoms with Crippen molar-refractivity contribution in [2.45, 2.75) is 78.1 Å². The van der Waals surface area contributed by atoms with Crippen molar-refractivity contribution in [3.05, 3.63) is 46.7 Å². The van der Waals surface area contributed by atoms with Gasteiger partial charge in [0.2, 0.25) is 0 Å². The topological polar surface area (TPSA) is 26.0 Å². The van der Waals surface area contributed by atoms with E-state index in [1.165, 1.54) is 54.4 Å². The summed E-state index contributed by atoms with van der Waals surface area (Å²) in [5, 5.41) is 0. The molecule has 0 aliphatic heterocycles. The van der Waals surface area contributed by atoms with Gasteiger partial charge in [0, 0.05) is 23.6 Å². The zero-order chi connectivity index (χ0) is 17.7. The number of hydrogen-bond donors (Lipinski definition) is 1. The summed E-state index contributed by atoms with van der Waals surface area (Å²) in [5.41, 5.74) is 11.9. The van der Waals surface area contributed by atoms with Crippen molar-refractivity contribution in [1.82, 2.24) is 0 Å². The number of allylic oxidation sites excluding steroid dienone is 1. The summed E-state index contributed by atoms with van der Waals surface area (Å²) < 4.78 is 0. The van der Waals surface area contributed by atoms with Gasteiger partial charge in [-0.25, -0.2) is 0 Å². The summed E-state index contributed by atoms with van der Waals surface area (Å²) in [6, 6.07) is 4.56. The predicted molar refractivity (Wildman–Crippen MR) is 105 cm³/mol. The SMILES string of the molecule is C=C(N)Cc1c(C(C)C)cc(C#CC2CCCCC2)cc1C(C)C. The van der Waals surface area contributed by atoms with Crippen molar-refractivity contribution in [2.75, 3.05) is 0 Å². The minimum Gasteiger partial charge on any atom is -0.402 e. The molecule has 0 spiro atoms. The van der Waals surface area contributed by atoms with Gasteiger partial charge < -0.3 is 5.73 Å². The summed E-state index contributed by atoms with van der Waals surface area (Å²) >= 11 is 0. The van der Waals surface area contributed by atoms with Gasteiger partial charge in [0.15, 0.2) is 0 Å². The molecule has 0 bridgehead atoms. The maximum atomic E-state index is 5.93. The molecular weight excluding hydrogens is 290 g/mol. The molecule has 1 nitrogen and oxygen atoms in total. The summed E-state index contributed by atoms with van der Waals surface area (Å²) in [6.07, 6.45) is 7.36. The smallest absolute Gasteiger partial charge is 0.0251 e. The van der Waals surface area contributed by atoms with E-state index in [1.807, 2.05) is 0 Å². The molecular formula is C23H33N. The Morgan fingerprint density at radius 2 is 1.62 bits per heavy atom. The first-order valence-electron chi connectivity index (χ1n) is 9.50. The Morgan fingerprint density at radius 1 is 1.08 bits per heavy atom. The highest BCUT2D eigenvalue weighted by molar-refractivity contribution is 5.49. The van der Waals surface area contributed by atoms with E-state index in [2.05, 4.69) is 58.2 Å². The molecule has 0 saturated heterocycles. The normalized spacial score (nSPS) is 15.4. The second-order valence-electron chi connectivity index (χ2n) is 7.88. The molecule has 1 aromatic rings. The molecule has 1 aliphatic carbocycles. The maximum Gasteiger partial charge on any atom is 0.0251 e. The van der Waals surface area contributed by atoms with Crippen LogP contribution in [0.4, 0.5) is 0 Å². The molecule has 0 aromatic heterocycles. The molecule has 1 saturated carbocycles. The zero-order valence-electron chi connectivity index (χ0n) is 15.9. The number of rotatable bonds is 4. The molecule has 0 atom stereocenters. The fraction of sp³-hybridized carbons (Fsp3) is 0.565. The first-order chi connectivity index (χ1) is 11.4. The van der Waals surface area contributed by atoms with E-state index in [0.29, 0.717) is 17.8 Å². The van der Waals surface area contributed by atoms with Gasteiger partial charge in [-0.05, 0) is 53.5 Å². The quantitative estimate of drug-likeness (QED) is 0.688. The van der Waals surface area contributed by atoms with E-state index in [4.69, 9.17) is 5.73 Å². The third kappa shape index (κ3) is 4.91. The third-order valence-corrected chi connectivity index (χ3v) is 4.99. The largest absolute Gasteiger partial charge is 0.402 e. The molecule has 24 heavy (non-hydrogen) atoms. The molecule has 2 N–H and O–H groups in total. The van der Waals surface area contributed by atoms with Crippen molar-refractivity contribution in [1.29, 1.82) is 0 Å². The summed E-state index contributed by atoms with van der Waals surface area (Å²) in [5.74, 6) is 8.54. The van der Waals surface area contributed by atoms with Gasteiger partial charge in [-0.1, -0.05) is 65.4 Å². The Labute approximate surface area is 148 Å². The van der Waals surface area contributed by atoms with Crippen LogP contribution in [0.5, 0.6) is 0 Å². The van der Waals surface area contributed by atoms with Gasteiger partial charge in [0.1, 0.15) is 0 Å². The summed E-state index contributed by atoms with van der Waals surface area (Å²) in [7, 11) is 0. The van der Waals surface area contributed by atoms with Crippen LogP contribution in [0, 0.1) is 17.8 Å². The van der Waals surface area contributed by atoms with Crippen LogP contribution in [0.15, 0.2) is 24.4 Å². The molecule has 1 aliphatic rings. The van der Waals surface area contributed by atoms with Crippen molar-refractivity contribution in [3.63, 3.8) is 0 Å². The predicted octanol–water partition coefficient (Wildman–Crippen LogP) is 5.88. The molecule has 1 heteroatoms. The van der Waals surface area contributed by atoms with Crippen molar-refractivity contribution in [3.8, 4) is 11.8 Å². The standard InChI is InChI=1S/C23H33N/c1-16(2)21-14-20(12-11-19-9-7-6-8-10-19)15-22(17(3)4)23(21)13-18(5)24/h14-17,19H,5-10,13,24H2,1-4H3. The highest BCUT2D eigenvalue weighted by Gasteiger charge is 2.16. The summed E-state index contributed by atoms with van der Waals surface area (Å²) in [6.45, 7) is 12.9. The van der Waals surface area contributed by atoms with E-state index < -0.39 is 0 Å². The van der Waals surface area contributed by atoms with Crippen LogP contribution in [0.3, 0.4) is 0 Å². The van der Waals surface area contributed by atoms with Gasteiger partial charge in [0.05, 0.1) is 0 Å². The van der Waals surface area contributed by atoms with Crippen LogP contribution in [-0.2, 0) is 6.42 Å². The van der Waals surface area contributed by atoms with Crippen LogP contribution in [0.1, 0.15) is 93.9 Å². The van der Waals surface area contributed by atoms with E-state index in [1.54, 1.807) is 0 Å². The van der Waals surface area contributed by atoms with E-state index in [0.717, 1.165) is 12.1 Å². The Hall–Kier alpha value is -1.68. The number of benzene rings is 1. The Bertz CT molecular complexity index is 605. The van der Waals surface area contributed by atoms with Crippen LogP contribution in [0.25, 0.3) is 0 Å². The fourth-order valence-corrected chi connectivity index (χ4v) is 3.68. The van der Waals surface area contributed by atoms with Crippen molar-refractivity contribution in [2.24, 2.45) is 11.7 Å². The lowest BCUT2D eigenvalue weighted by Gasteiger charge is -2.21. The maximum absolute atomic E-state index is 5.93. The fourth-order valence-electron chi connectivity index (χ4n) is 3.68.